The van der Waals surface area contributed by atoms with Crippen LogP contribution in [0.25, 0.3) is 6.08 Å². The number of rotatable bonds is 8. The Balaban J connectivity index is 1.71. The minimum Gasteiger partial charge on any atom is -0.490 e. The molecule has 1 aliphatic heterocycles. The molecule has 3 aromatic carbocycles. The normalized spacial score (nSPS) is 14.2. The van der Waals surface area contributed by atoms with Crippen molar-refractivity contribution in [1.29, 1.82) is 0 Å². The molecule has 14 heteroatoms. The van der Waals surface area contributed by atoms with Crippen molar-refractivity contribution in [2.75, 3.05) is 11.5 Å². The third-order valence-electron chi connectivity index (χ3n) is 5.66. The van der Waals surface area contributed by atoms with Crippen LogP contribution in [0.5, 0.6) is 17.2 Å². The fraction of sp³-hybridized carbons (Fsp3) is 0.115. The van der Waals surface area contributed by atoms with Crippen LogP contribution in [0.2, 0.25) is 5.02 Å². The number of halogens is 1. The molecule has 0 atom stereocenters. The number of hydrogen-bond acceptors (Lipinski definition) is 9. The molecular weight excluding hydrogens is 548 g/mol. The van der Waals surface area contributed by atoms with Crippen LogP contribution in [0, 0.1) is 27.2 Å². The number of benzene rings is 3. The van der Waals surface area contributed by atoms with Gasteiger partial charge >= 0.3 is 11.7 Å². The number of carbonyl (C=O) groups is 3. The van der Waals surface area contributed by atoms with Gasteiger partial charge in [0, 0.05) is 11.1 Å². The lowest BCUT2D eigenvalue weighted by Gasteiger charge is -2.27. The molecule has 40 heavy (non-hydrogen) atoms. The zero-order valence-electron chi connectivity index (χ0n) is 20.9. The van der Waals surface area contributed by atoms with Gasteiger partial charge in [-0.05, 0) is 61.4 Å². The topological polar surface area (TPSA) is 171 Å². The number of nitrogens with zero attached hydrogens (tertiary/aromatic N) is 3. The summed E-state index contributed by atoms with van der Waals surface area (Å²) in [6, 6.07) is 10.9. The van der Waals surface area contributed by atoms with E-state index in [9.17, 15) is 34.6 Å². The lowest BCUT2D eigenvalue weighted by atomic mass is 10.1. The lowest BCUT2D eigenvalue weighted by molar-refractivity contribution is -0.394. The van der Waals surface area contributed by atoms with Gasteiger partial charge in [0.2, 0.25) is 5.75 Å². The number of anilines is 1. The first-order chi connectivity index (χ1) is 19.0. The van der Waals surface area contributed by atoms with Gasteiger partial charge in [0.1, 0.15) is 5.57 Å². The minimum atomic E-state index is -0.930. The van der Waals surface area contributed by atoms with E-state index in [4.69, 9.17) is 21.1 Å². The molecule has 0 saturated carbocycles. The van der Waals surface area contributed by atoms with Crippen LogP contribution in [-0.2, 0) is 9.59 Å². The SMILES string of the molecule is CCOc1cc(/C=C2\C(=O)NC(=O)N(c3cc(Cl)ccc3C)C2=O)ccc1Oc1ccc([N+](=O)[O-])cc1[N+](=O)[O-]. The van der Waals surface area contributed by atoms with E-state index in [0.29, 0.717) is 11.1 Å². The highest BCUT2D eigenvalue weighted by atomic mass is 35.5. The van der Waals surface area contributed by atoms with Crippen molar-refractivity contribution in [3.8, 4) is 17.2 Å². The van der Waals surface area contributed by atoms with Gasteiger partial charge in [0.25, 0.3) is 17.5 Å². The van der Waals surface area contributed by atoms with Gasteiger partial charge in [0.15, 0.2) is 11.5 Å². The minimum absolute atomic E-state index is 0.0340. The van der Waals surface area contributed by atoms with Gasteiger partial charge in [0.05, 0.1) is 28.2 Å². The second-order valence-corrected chi connectivity index (χ2v) is 8.73. The molecule has 0 unspecified atom stereocenters. The van der Waals surface area contributed by atoms with E-state index in [1.54, 1.807) is 26.0 Å². The highest BCUT2D eigenvalue weighted by Gasteiger charge is 2.37. The third-order valence-corrected chi connectivity index (χ3v) is 5.90. The van der Waals surface area contributed by atoms with Gasteiger partial charge < -0.3 is 9.47 Å². The van der Waals surface area contributed by atoms with E-state index < -0.39 is 39.1 Å². The number of aryl methyl sites for hydroxylation is 1. The quantitative estimate of drug-likeness (QED) is 0.164. The van der Waals surface area contributed by atoms with Crippen LogP contribution >= 0.6 is 11.6 Å². The Hall–Kier alpha value is -5.30. The van der Waals surface area contributed by atoms with Crippen LogP contribution < -0.4 is 19.7 Å². The van der Waals surface area contributed by atoms with Gasteiger partial charge in [-0.3, -0.25) is 35.1 Å². The number of nitro groups is 2. The molecule has 1 heterocycles. The maximum absolute atomic E-state index is 13.3. The number of carbonyl (C=O) groups excluding carboxylic acids is 3. The van der Waals surface area contributed by atoms with E-state index in [2.05, 4.69) is 5.32 Å². The fourth-order valence-corrected chi connectivity index (χ4v) is 3.97. The van der Waals surface area contributed by atoms with Crippen molar-refractivity contribution < 1.29 is 33.7 Å². The second-order valence-electron chi connectivity index (χ2n) is 8.30. The van der Waals surface area contributed by atoms with Gasteiger partial charge in [-0.15, -0.1) is 0 Å². The summed E-state index contributed by atoms with van der Waals surface area (Å²) < 4.78 is 11.3. The summed E-state index contributed by atoms with van der Waals surface area (Å²) in [5.41, 5.74) is -0.375. The number of nitro benzene ring substituents is 2. The first kappa shape index (κ1) is 27.7. The summed E-state index contributed by atoms with van der Waals surface area (Å²) in [4.78, 5) is 60.2. The fourth-order valence-electron chi connectivity index (χ4n) is 3.80. The zero-order chi connectivity index (χ0) is 29.1. The Bertz CT molecular complexity index is 1620. The van der Waals surface area contributed by atoms with Crippen molar-refractivity contribution in [1.82, 2.24) is 5.32 Å². The van der Waals surface area contributed by atoms with E-state index in [0.717, 1.165) is 23.1 Å². The zero-order valence-corrected chi connectivity index (χ0v) is 21.6. The second kappa shape index (κ2) is 11.2. The van der Waals surface area contributed by atoms with Crippen molar-refractivity contribution in [2.24, 2.45) is 0 Å². The van der Waals surface area contributed by atoms with Crippen molar-refractivity contribution >= 4 is 52.6 Å². The standard InChI is InChI=1S/C26H19ClN4O9/c1-3-39-23-11-15(5-8-22(23)40-21-9-7-17(30(35)36)13-20(21)31(37)38)10-18-24(32)28-26(34)29(25(18)33)19-12-16(27)6-4-14(19)2/h4-13H,3H2,1-2H3,(H,28,32,34)/b18-10+. The molecule has 0 radical (unpaired) electrons. The Labute approximate surface area is 230 Å². The first-order valence-corrected chi connectivity index (χ1v) is 11.9. The molecular formula is C26H19ClN4O9. The summed E-state index contributed by atoms with van der Waals surface area (Å²) in [5.74, 6) is -1.92. The lowest BCUT2D eigenvalue weighted by Crippen LogP contribution is -2.54. The molecule has 1 aliphatic rings. The molecule has 0 bridgehead atoms. The molecule has 4 amide bonds. The molecule has 1 fully saturated rings. The van der Waals surface area contributed by atoms with Crippen molar-refractivity contribution in [3.63, 3.8) is 0 Å². The Morgan fingerprint density at radius 1 is 0.950 bits per heavy atom. The maximum Gasteiger partial charge on any atom is 0.335 e. The highest BCUT2D eigenvalue weighted by Crippen LogP contribution is 2.39. The Morgan fingerprint density at radius 2 is 1.68 bits per heavy atom. The number of hydrogen-bond donors (Lipinski definition) is 1. The predicted octanol–water partition coefficient (Wildman–Crippen LogP) is 5.32. The molecule has 0 spiro atoms. The van der Waals surface area contributed by atoms with Gasteiger partial charge in [-0.2, -0.15) is 0 Å². The summed E-state index contributed by atoms with van der Waals surface area (Å²) in [7, 11) is 0. The number of non-ortho nitro benzene ring substituents is 1. The Morgan fingerprint density at radius 3 is 2.35 bits per heavy atom. The number of amides is 4. The molecule has 0 aliphatic carbocycles. The molecule has 204 valence electrons. The molecule has 13 nitrogen and oxygen atoms in total. The summed E-state index contributed by atoms with van der Waals surface area (Å²) >= 11 is 6.05. The summed E-state index contributed by atoms with van der Waals surface area (Å²) in [6.45, 7) is 3.51. The highest BCUT2D eigenvalue weighted by molar-refractivity contribution is 6.39. The van der Waals surface area contributed by atoms with Crippen LogP contribution in [0.4, 0.5) is 21.9 Å². The van der Waals surface area contributed by atoms with Gasteiger partial charge in [-0.25, -0.2) is 9.69 Å². The maximum atomic E-state index is 13.3. The summed E-state index contributed by atoms with van der Waals surface area (Å²) in [5, 5.41) is 24.9. The molecule has 1 saturated heterocycles. The smallest absolute Gasteiger partial charge is 0.335 e. The largest absolute Gasteiger partial charge is 0.490 e. The number of barbiturate groups is 1. The molecule has 4 rings (SSSR count). The van der Waals surface area contributed by atoms with Crippen LogP contribution in [-0.4, -0.2) is 34.3 Å². The average Bonchev–Trinajstić information content (AvgIpc) is 2.90. The average molecular weight is 567 g/mol. The molecule has 3 aromatic rings. The summed E-state index contributed by atoms with van der Waals surface area (Å²) in [6.07, 6.45) is 1.25. The third kappa shape index (κ3) is 5.59. The number of urea groups is 1. The predicted molar refractivity (Wildman–Crippen MR) is 143 cm³/mol. The van der Waals surface area contributed by atoms with Crippen molar-refractivity contribution in [2.45, 2.75) is 13.8 Å². The van der Waals surface area contributed by atoms with Gasteiger partial charge in [-0.1, -0.05) is 23.7 Å². The molecule has 0 aromatic heterocycles. The van der Waals surface area contributed by atoms with Crippen LogP contribution in [0.3, 0.4) is 0 Å². The van der Waals surface area contributed by atoms with E-state index in [1.165, 1.54) is 30.3 Å². The van der Waals surface area contributed by atoms with Crippen LogP contribution in [0.15, 0.2) is 60.2 Å². The first-order valence-electron chi connectivity index (χ1n) is 11.5. The van der Waals surface area contributed by atoms with E-state index >= 15 is 0 Å². The number of ether oxygens (including phenoxy) is 2. The Kier molecular flexibility index (Phi) is 7.77. The van der Waals surface area contributed by atoms with E-state index in [-0.39, 0.29) is 40.1 Å². The number of imide groups is 2. The monoisotopic (exact) mass is 566 g/mol. The number of nitrogens with one attached hydrogen (secondary N) is 1. The van der Waals surface area contributed by atoms with Crippen molar-refractivity contribution in [3.05, 3.63) is 96.5 Å². The molecule has 1 N–H and O–H groups in total. The van der Waals surface area contributed by atoms with E-state index in [1.807, 2.05) is 0 Å². The van der Waals surface area contributed by atoms with Crippen LogP contribution in [0.1, 0.15) is 18.1 Å².